The van der Waals surface area contributed by atoms with Gasteiger partial charge in [0.1, 0.15) is 0 Å². The number of hydrogen-bond acceptors (Lipinski definition) is 3. The van der Waals surface area contributed by atoms with Crippen LogP contribution < -0.4 is 16.4 Å². The molecule has 0 saturated carbocycles. The minimum Gasteiger partial charge on any atom is -0.370 e. The monoisotopic (exact) mass is 445 g/mol. The lowest BCUT2D eigenvalue weighted by atomic mass is 10.1. The molecule has 1 aliphatic rings. The van der Waals surface area contributed by atoms with Crippen LogP contribution in [-0.2, 0) is 6.54 Å². The summed E-state index contributed by atoms with van der Waals surface area (Å²) in [7, 11) is 1.62. The van der Waals surface area contributed by atoms with Gasteiger partial charge in [-0.05, 0) is 43.6 Å². The van der Waals surface area contributed by atoms with Crippen molar-refractivity contribution in [2.24, 2.45) is 10.7 Å². The van der Waals surface area contributed by atoms with E-state index in [1.807, 2.05) is 18.2 Å². The molecule has 1 unspecified atom stereocenters. The maximum absolute atomic E-state index is 11.6. The second kappa shape index (κ2) is 10.5. The van der Waals surface area contributed by atoms with Crippen LogP contribution in [0.2, 0.25) is 0 Å². The molecule has 134 valence electrons. The highest BCUT2D eigenvalue weighted by Gasteiger charge is 2.22. The number of hydrogen-bond donors (Lipinski definition) is 3. The fraction of sp³-hybridized carbons (Fsp3) is 0.529. The van der Waals surface area contributed by atoms with E-state index in [4.69, 9.17) is 5.73 Å². The fourth-order valence-electron chi connectivity index (χ4n) is 2.95. The van der Waals surface area contributed by atoms with E-state index in [9.17, 15) is 4.79 Å². The number of guanidine groups is 1. The largest absolute Gasteiger partial charge is 0.370 e. The van der Waals surface area contributed by atoms with E-state index in [-0.39, 0.29) is 29.9 Å². The Bertz CT molecular complexity index is 564. The number of aliphatic imine (C=N–C) groups is 1. The number of halogens is 1. The zero-order chi connectivity index (χ0) is 16.7. The van der Waals surface area contributed by atoms with Gasteiger partial charge in [-0.3, -0.25) is 9.69 Å². The number of carbonyl (C=O) groups excluding carboxylic acids is 1. The first kappa shape index (κ1) is 20.7. The summed E-state index contributed by atoms with van der Waals surface area (Å²) in [6.07, 6.45) is 2.46. The van der Waals surface area contributed by atoms with Crippen LogP contribution in [0.15, 0.2) is 29.3 Å². The molecule has 1 saturated heterocycles. The van der Waals surface area contributed by atoms with Crippen molar-refractivity contribution in [2.45, 2.75) is 32.4 Å². The van der Waals surface area contributed by atoms with Crippen LogP contribution in [0.25, 0.3) is 0 Å². The lowest BCUT2D eigenvalue weighted by Gasteiger charge is -2.23. The van der Waals surface area contributed by atoms with Crippen LogP contribution in [0, 0.1) is 0 Å². The third-order valence-corrected chi connectivity index (χ3v) is 4.27. The van der Waals surface area contributed by atoms with Gasteiger partial charge < -0.3 is 16.4 Å². The smallest absolute Gasteiger partial charge is 0.251 e. The fourth-order valence-corrected chi connectivity index (χ4v) is 2.95. The Balaban J connectivity index is 0.00000288. The first-order chi connectivity index (χ1) is 11.1. The van der Waals surface area contributed by atoms with Gasteiger partial charge in [0.05, 0.1) is 6.54 Å². The average Bonchev–Trinajstić information content (AvgIpc) is 3.05. The molecule has 0 aliphatic carbocycles. The molecule has 1 aromatic rings. The molecular weight excluding hydrogens is 417 g/mol. The number of nitrogens with one attached hydrogen (secondary N) is 2. The number of benzene rings is 1. The van der Waals surface area contributed by atoms with Crippen LogP contribution >= 0.6 is 24.0 Å². The number of likely N-dealkylation sites (tertiary alicyclic amines) is 1. The molecule has 1 aliphatic heterocycles. The summed E-state index contributed by atoms with van der Waals surface area (Å²) in [5.74, 6) is 0.362. The van der Waals surface area contributed by atoms with Gasteiger partial charge in [0.2, 0.25) is 0 Å². The zero-order valence-electron chi connectivity index (χ0n) is 14.4. The molecule has 1 atom stereocenters. The van der Waals surface area contributed by atoms with E-state index in [1.54, 1.807) is 13.1 Å². The normalized spacial score (nSPS) is 18.1. The molecule has 7 heteroatoms. The molecule has 0 spiro atoms. The Labute approximate surface area is 161 Å². The third kappa shape index (κ3) is 5.94. The van der Waals surface area contributed by atoms with Crippen molar-refractivity contribution in [1.29, 1.82) is 0 Å². The van der Waals surface area contributed by atoms with Gasteiger partial charge in [0, 0.05) is 25.2 Å². The first-order valence-corrected chi connectivity index (χ1v) is 8.23. The van der Waals surface area contributed by atoms with Crippen molar-refractivity contribution in [2.75, 3.05) is 26.7 Å². The highest BCUT2D eigenvalue weighted by molar-refractivity contribution is 14.0. The second-order valence-corrected chi connectivity index (χ2v) is 5.79. The Morgan fingerprint density at radius 2 is 2.25 bits per heavy atom. The van der Waals surface area contributed by atoms with Crippen molar-refractivity contribution >= 4 is 35.8 Å². The first-order valence-electron chi connectivity index (χ1n) is 8.23. The van der Waals surface area contributed by atoms with E-state index in [0.717, 1.165) is 18.7 Å². The molecule has 24 heavy (non-hydrogen) atoms. The molecule has 1 heterocycles. The van der Waals surface area contributed by atoms with Gasteiger partial charge in [0.15, 0.2) is 5.96 Å². The molecule has 4 N–H and O–H groups in total. The van der Waals surface area contributed by atoms with E-state index >= 15 is 0 Å². The standard InChI is InChI=1S/C17H27N5O.HI/c1-3-22-9-5-8-15(22)12-21-17(18)20-11-13-6-4-7-14(10-13)16(23)19-2;/h4,6-7,10,15H,3,5,8-9,11-12H2,1-2H3,(H,19,23)(H3,18,20,21);1H. The summed E-state index contributed by atoms with van der Waals surface area (Å²) in [6.45, 7) is 5.74. The van der Waals surface area contributed by atoms with Crippen molar-refractivity contribution in [3.05, 3.63) is 35.4 Å². The van der Waals surface area contributed by atoms with Crippen molar-refractivity contribution in [1.82, 2.24) is 15.5 Å². The predicted octanol–water partition coefficient (Wildman–Crippen LogP) is 1.55. The van der Waals surface area contributed by atoms with Gasteiger partial charge in [-0.1, -0.05) is 19.1 Å². The minimum absolute atomic E-state index is 0. The molecule has 1 fully saturated rings. The molecule has 0 aromatic heterocycles. The van der Waals surface area contributed by atoms with Crippen molar-refractivity contribution in [3.8, 4) is 0 Å². The summed E-state index contributed by atoms with van der Waals surface area (Å²) in [5, 5.41) is 5.83. The topological polar surface area (TPSA) is 82.8 Å². The van der Waals surface area contributed by atoms with Gasteiger partial charge >= 0.3 is 0 Å². The summed E-state index contributed by atoms with van der Waals surface area (Å²) in [6, 6.07) is 7.97. The van der Waals surface area contributed by atoms with Crippen LogP contribution in [-0.4, -0.2) is 49.5 Å². The van der Waals surface area contributed by atoms with Crippen LogP contribution in [0.5, 0.6) is 0 Å². The van der Waals surface area contributed by atoms with E-state index in [2.05, 4.69) is 27.4 Å². The molecule has 0 bridgehead atoms. The molecule has 0 radical (unpaired) electrons. The Hall–Kier alpha value is -1.35. The van der Waals surface area contributed by atoms with E-state index < -0.39 is 0 Å². The molecule has 2 rings (SSSR count). The van der Waals surface area contributed by atoms with Gasteiger partial charge in [-0.2, -0.15) is 0 Å². The second-order valence-electron chi connectivity index (χ2n) is 5.79. The lowest BCUT2D eigenvalue weighted by molar-refractivity contribution is 0.0963. The average molecular weight is 445 g/mol. The number of rotatable bonds is 6. The number of nitrogens with zero attached hydrogens (tertiary/aromatic N) is 2. The Kier molecular flexibility index (Phi) is 9.05. The highest BCUT2D eigenvalue weighted by atomic mass is 127. The Morgan fingerprint density at radius 1 is 1.46 bits per heavy atom. The molecule has 1 amide bonds. The molecule has 1 aromatic carbocycles. The molecular formula is C17H28IN5O. The van der Waals surface area contributed by atoms with Crippen LogP contribution in [0.1, 0.15) is 35.7 Å². The Morgan fingerprint density at radius 3 is 2.96 bits per heavy atom. The van der Waals surface area contributed by atoms with Crippen molar-refractivity contribution in [3.63, 3.8) is 0 Å². The van der Waals surface area contributed by atoms with Crippen LogP contribution in [0.4, 0.5) is 0 Å². The lowest BCUT2D eigenvalue weighted by Crippen LogP contribution is -2.42. The highest BCUT2D eigenvalue weighted by Crippen LogP contribution is 2.15. The third-order valence-electron chi connectivity index (χ3n) is 4.27. The molecule has 6 nitrogen and oxygen atoms in total. The number of amides is 1. The maximum Gasteiger partial charge on any atom is 0.251 e. The van der Waals surface area contributed by atoms with E-state index in [1.165, 1.54) is 19.4 Å². The van der Waals surface area contributed by atoms with Gasteiger partial charge in [-0.25, -0.2) is 4.99 Å². The number of nitrogens with two attached hydrogens (primary N) is 1. The maximum atomic E-state index is 11.6. The van der Waals surface area contributed by atoms with Gasteiger partial charge in [-0.15, -0.1) is 24.0 Å². The summed E-state index contributed by atoms with van der Waals surface area (Å²) >= 11 is 0. The van der Waals surface area contributed by atoms with E-state index in [0.29, 0.717) is 24.1 Å². The zero-order valence-corrected chi connectivity index (χ0v) is 16.7. The minimum atomic E-state index is -0.0946. The number of likely N-dealkylation sites (N-methyl/N-ethyl adjacent to an activating group) is 1. The summed E-state index contributed by atoms with van der Waals surface area (Å²) in [4.78, 5) is 18.5. The summed E-state index contributed by atoms with van der Waals surface area (Å²) < 4.78 is 0. The predicted molar refractivity (Wildman–Crippen MR) is 109 cm³/mol. The van der Waals surface area contributed by atoms with Gasteiger partial charge in [0.25, 0.3) is 5.91 Å². The quantitative estimate of drug-likeness (QED) is 0.353. The van der Waals surface area contributed by atoms with Crippen LogP contribution in [0.3, 0.4) is 0 Å². The van der Waals surface area contributed by atoms with Crippen molar-refractivity contribution < 1.29 is 4.79 Å². The number of carbonyl (C=O) groups is 1. The summed E-state index contributed by atoms with van der Waals surface area (Å²) in [5.41, 5.74) is 7.55. The SMILES string of the molecule is CCN1CCCC1CNC(N)=NCc1cccc(C(=O)NC)c1.I.